The fraction of sp³-hybridized carbons (Fsp3) is 0. The number of hydrogen-bond acceptors (Lipinski definition) is 5. The number of rotatable bonds is 1. The van der Waals surface area contributed by atoms with E-state index in [0.717, 1.165) is 12.1 Å². The highest BCUT2D eigenvalue weighted by atomic mass is 19.1. The van der Waals surface area contributed by atoms with Crippen molar-refractivity contribution in [1.82, 2.24) is 4.98 Å². The minimum Gasteiger partial charge on any atom is -0.372 e. The Hall–Kier alpha value is -2.51. The van der Waals surface area contributed by atoms with Gasteiger partial charge in [0.05, 0.1) is 4.92 Å². The van der Waals surface area contributed by atoms with Crippen molar-refractivity contribution in [3.63, 3.8) is 0 Å². The quantitative estimate of drug-likeness (QED) is 0.563. The molecule has 1 heterocycles. The lowest BCUT2D eigenvalue weighted by molar-refractivity contribution is -0.383. The molecule has 8 heteroatoms. The van der Waals surface area contributed by atoms with Gasteiger partial charge >= 0.3 is 11.4 Å². The lowest BCUT2D eigenvalue weighted by Gasteiger charge is -1.97. The largest absolute Gasteiger partial charge is 0.419 e. The Labute approximate surface area is 85.3 Å². The second-order valence-electron chi connectivity index (χ2n) is 2.88. The number of H-pyrrole nitrogens is 1. The van der Waals surface area contributed by atoms with E-state index in [9.17, 15) is 24.1 Å². The van der Waals surface area contributed by atoms with Gasteiger partial charge in [0.25, 0.3) is 5.69 Å². The number of benzene rings is 1. The first-order valence-corrected chi connectivity index (χ1v) is 4.00. The van der Waals surface area contributed by atoms with E-state index < -0.39 is 38.7 Å². The monoisotopic (exact) mass is 226 g/mol. The molecule has 1 N–H and O–H groups in total. The molecule has 0 saturated heterocycles. The first-order valence-electron chi connectivity index (χ1n) is 4.00. The van der Waals surface area contributed by atoms with E-state index in [1.807, 2.05) is 4.98 Å². The van der Waals surface area contributed by atoms with Crippen molar-refractivity contribution in [3.05, 3.63) is 49.0 Å². The molecule has 1 aromatic carbocycles. The van der Waals surface area contributed by atoms with Crippen LogP contribution in [0.15, 0.2) is 26.1 Å². The number of fused-ring (bicyclic) bond motifs is 1. The summed E-state index contributed by atoms with van der Waals surface area (Å²) in [6, 6.07) is 1.61. The van der Waals surface area contributed by atoms with Crippen LogP contribution in [0, 0.1) is 15.9 Å². The molecule has 2 rings (SSSR count). The number of non-ortho nitro benzene ring substituents is 1. The molecule has 7 nitrogen and oxygen atoms in total. The second-order valence-corrected chi connectivity index (χ2v) is 2.88. The van der Waals surface area contributed by atoms with Gasteiger partial charge in [-0.2, -0.15) is 0 Å². The number of nitrogens with one attached hydrogen (secondary N) is 1. The summed E-state index contributed by atoms with van der Waals surface area (Å²) in [4.78, 5) is 33.6. The van der Waals surface area contributed by atoms with Crippen molar-refractivity contribution in [1.29, 1.82) is 0 Å². The summed E-state index contributed by atoms with van der Waals surface area (Å²) >= 11 is 0. The summed E-state index contributed by atoms with van der Waals surface area (Å²) in [5.74, 6) is -2.11. The minimum absolute atomic E-state index is 0.532. The van der Waals surface area contributed by atoms with Gasteiger partial charge in [0.1, 0.15) is 11.3 Å². The van der Waals surface area contributed by atoms with Crippen LogP contribution in [0.4, 0.5) is 10.1 Å². The van der Waals surface area contributed by atoms with Gasteiger partial charge in [-0.3, -0.25) is 15.1 Å². The van der Waals surface area contributed by atoms with Crippen LogP contribution in [0.5, 0.6) is 0 Å². The number of nitrogens with zero attached hydrogens (tertiary/aromatic N) is 1. The molecule has 0 aliphatic heterocycles. The van der Waals surface area contributed by atoms with Crippen LogP contribution >= 0.6 is 0 Å². The zero-order valence-electron chi connectivity index (χ0n) is 7.52. The highest BCUT2D eigenvalue weighted by Crippen LogP contribution is 2.22. The van der Waals surface area contributed by atoms with E-state index in [1.54, 1.807) is 0 Å². The molecule has 0 spiro atoms. The SMILES string of the molecule is O=c1[nH]c2c(F)ccc([N+](=O)[O-])c2c(=O)o1. The van der Waals surface area contributed by atoms with Gasteiger partial charge in [-0.25, -0.2) is 14.0 Å². The molecule has 0 aliphatic rings. The summed E-state index contributed by atoms with van der Waals surface area (Å²) in [6.07, 6.45) is 0. The molecule has 16 heavy (non-hydrogen) atoms. The summed E-state index contributed by atoms with van der Waals surface area (Å²) in [7, 11) is 0. The molecule has 1 aromatic heterocycles. The van der Waals surface area contributed by atoms with E-state index in [2.05, 4.69) is 4.42 Å². The van der Waals surface area contributed by atoms with Crippen molar-refractivity contribution >= 4 is 16.6 Å². The highest BCUT2D eigenvalue weighted by molar-refractivity contribution is 5.86. The van der Waals surface area contributed by atoms with E-state index in [1.165, 1.54) is 0 Å². The van der Waals surface area contributed by atoms with Gasteiger partial charge < -0.3 is 4.42 Å². The highest BCUT2D eigenvalue weighted by Gasteiger charge is 2.19. The van der Waals surface area contributed by atoms with Gasteiger partial charge in [-0.1, -0.05) is 0 Å². The first kappa shape index (κ1) is 10.0. The third-order valence-corrected chi connectivity index (χ3v) is 1.95. The van der Waals surface area contributed by atoms with Crippen LogP contribution in [0.25, 0.3) is 10.9 Å². The Balaban J connectivity index is 3.10. The Morgan fingerprint density at radius 2 is 2.06 bits per heavy atom. The zero-order valence-corrected chi connectivity index (χ0v) is 7.52. The van der Waals surface area contributed by atoms with Gasteiger partial charge in [-0.05, 0) is 6.07 Å². The van der Waals surface area contributed by atoms with Crippen molar-refractivity contribution < 1.29 is 13.7 Å². The van der Waals surface area contributed by atoms with Crippen LogP contribution in [-0.2, 0) is 0 Å². The van der Waals surface area contributed by atoms with E-state index in [0.29, 0.717) is 0 Å². The molecule has 0 radical (unpaired) electrons. The third-order valence-electron chi connectivity index (χ3n) is 1.95. The number of halogens is 1. The third kappa shape index (κ3) is 1.36. The Morgan fingerprint density at radius 1 is 1.38 bits per heavy atom. The molecule has 2 aromatic rings. The van der Waals surface area contributed by atoms with E-state index >= 15 is 0 Å². The average molecular weight is 226 g/mol. The molecule has 0 bridgehead atoms. The number of nitro benzene ring substituents is 1. The van der Waals surface area contributed by atoms with Crippen LogP contribution in [0.2, 0.25) is 0 Å². The molecular formula is C8H3FN2O5. The fourth-order valence-electron chi connectivity index (χ4n) is 1.31. The van der Waals surface area contributed by atoms with Crippen molar-refractivity contribution in [3.8, 4) is 0 Å². The second kappa shape index (κ2) is 3.26. The van der Waals surface area contributed by atoms with Gasteiger partial charge in [0.2, 0.25) is 0 Å². The maximum Gasteiger partial charge on any atom is 0.419 e. The van der Waals surface area contributed by atoms with Gasteiger partial charge in [-0.15, -0.1) is 0 Å². The first-order chi connectivity index (χ1) is 7.50. The Bertz CT molecular complexity index is 702. The average Bonchev–Trinajstić information content (AvgIpc) is 2.19. The molecule has 82 valence electrons. The van der Waals surface area contributed by atoms with Crippen LogP contribution in [-0.4, -0.2) is 9.91 Å². The Morgan fingerprint density at radius 3 is 2.69 bits per heavy atom. The summed E-state index contributed by atoms with van der Waals surface area (Å²) in [5, 5.41) is 9.98. The number of aromatic amines is 1. The summed E-state index contributed by atoms with van der Waals surface area (Å²) in [5.41, 5.74) is -2.40. The van der Waals surface area contributed by atoms with Crippen LogP contribution < -0.4 is 11.4 Å². The van der Waals surface area contributed by atoms with Crippen molar-refractivity contribution in [2.75, 3.05) is 0 Å². The smallest absolute Gasteiger partial charge is 0.372 e. The van der Waals surface area contributed by atoms with Gasteiger partial charge in [0.15, 0.2) is 5.39 Å². The predicted molar refractivity (Wildman–Crippen MR) is 49.7 cm³/mol. The van der Waals surface area contributed by atoms with Crippen LogP contribution in [0.3, 0.4) is 0 Å². The molecule has 0 atom stereocenters. The number of nitro groups is 1. The normalized spacial score (nSPS) is 10.6. The fourth-order valence-corrected chi connectivity index (χ4v) is 1.31. The predicted octanol–water partition coefficient (Wildman–Crippen LogP) is 0.529. The standard InChI is InChI=1S/C8H3FN2O5/c9-3-1-2-4(11(14)15)5-6(3)10-8(13)16-7(5)12/h1-2H,(H,10,13). The maximum absolute atomic E-state index is 13.2. The van der Waals surface area contributed by atoms with E-state index in [4.69, 9.17) is 0 Å². The van der Waals surface area contributed by atoms with Gasteiger partial charge in [0, 0.05) is 6.07 Å². The van der Waals surface area contributed by atoms with Crippen LogP contribution in [0.1, 0.15) is 0 Å². The molecular weight excluding hydrogens is 223 g/mol. The van der Waals surface area contributed by atoms with Crippen molar-refractivity contribution in [2.24, 2.45) is 0 Å². The summed E-state index contributed by atoms with van der Waals surface area (Å²) < 4.78 is 17.3. The maximum atomic E-state index is 13.2. The number of aromatic nitrogens is 1. The Kier molecular flexibility index (Phi) is 2.04. The zero-order chi connectivity index (χ0) is 11.9. The molecule has 0 aliphatic carbocycles. The molecule has 0 unspecified atom stereocenters. The summed E-state index contributed by atoms with van der Waals surface area (Å²) in [6.45, 7) is 0. The molecule has 0 saturated carbocycles. The number of hydrogen-bond donors (Lipinski definition) is 1. The topological polar surface area (TPSA) is 106 Å². The molecule has 0 fully saturated rings. The lowest BCUT2D eigenvalue weighted by atomic mass is 10.2. The molecule has 0 amide bonds. The minimum atomic E-state index is -1.25. The van der Waals surface area contributed by atoms with E-state index in [-0.39, 0.29) is 0 Å². The van der Waals surface area contributed by atoms with Crippen molar-refractivity contribution in [2.45, 2.75) is 0 Å². The lowest BCUT2D eigenvalue weighted by Crippen LogP contribution is -2.16.